The fraction of sp³-hybridized carbons (Fsp3) is 0.333. The van der Waals surface area contributed by atoms with Gasteiger partial charge in [0.1, 0.15) is 11.4 Å². The Kier molecular flexibility index (Phi) is 4.40. The maximum atomic E-state index is 12.1. The second-order valence-corrected chi connectivity index (χ2v) is 4.95. The topological polar surface area (TPSA) is 58.2 Å². The Labute approximate surface area is 118 Å². The SMILES string of the molecule is CC(C)Oc1cccc(CN(C)C(=O)c2ccn[nH]2)c1. The molecule has 0 unspecified atom stereocenters. The molecule has 1 amide bonds. The minimum atomic E-state index is -0.0855. The monoisotopic (exact) mass is 273 g/mol. The van der Waals surface area contributed by atoms with E-state index in [0.29, 0.717) is 12.2 Å². The van der Waals surface area contributed by atoms with Crippen molar-refractivity contribution in [1.29, 1.82) is 0 Å². The number of nitrogens with one attached hydrogen (secondary N) is 1. The normalized spacial score (nSPS) is 10.6. The Morgan fingerprint density at radius 2 is 2.20 bits per heavy atom. The number of carbonyl (C=O) groups is 1. The lowest BCUT2D eigenvalue weighted by molar-refractivity contribution is 0.0779. The van der Waals surface area contributed by atoms with Gasteiger partial charge < -0.3 is 9.64 Å². The second-order valence-electron chi connectivity index (χ2n) is 4.95. The molecule has 5 nitrogen and oxygen atoms in total. The summed E-state index contributed by atoms with van der Waals surface area (Å²) < 4.78 is 5.65. The molecule has 1 N–H and O–H groups in total. The summed E-state index contributed by atoms with van der Waals surface area (Å²) in [4.78, 5) is 13.7. The molecule has 1 aromatic carbocycles. The van der Waals surface area contributed by atoms with Gasteiger partial charge in [0.25, 0.3) is 5.91 Å². The number of aromatic amines is 1. The van der Waals surface area contributed by atoms with Crippen molar-refractivity contribution in [2.24, 2.45) is 0 Å². The molecule has 0 aliphatic heterocycles. The Hall–Kier alpha value is -2.30. The van der Waals surface area contributed by atoms with Crippen LogP contribution in [0.5, 0.6) is 5.75 Å². The smallest absolute Gasteiger partial charge is 0.271 e. The van der Waals surface area contributed by atoms with Crippen LogP contribution >= 0.6 is 0 Å². The van der Waals surface area contributed by atoms with E-state index >= 15 is 0 Å². The van der Waals surface area contributed by atoms with Crippen LogP contribution in [0.25, 0.3) is 0 Å². The summed E-state index contributed by atoms with van der Waals surface area (Å²) in [5.74, 6) is 0.734. The standard InChI is InChI=1S/C15H19N3O2/c1-11(2)20-13-6-4-5-12(9-13)10-18(3)15(19)14-7-8-16-17-14/h4-9,11H,10H2,1-3H3,(H,16,17). The van der Waals surface area contributed by atoms with Crippen molar-refractivity contribution in [2.45, 2.75) is 26.5 Å². The highest BCUT2D eigenvalue weighted by molar-refractivity contribution is 5.91. The van der Waals surface area contributed by atoms with Crippen molar-refractivity contribution >= 4 is 5.91 Å². The van der Waals surface area contributed by atoms with Crippen LogP contribution in [-0.4, -0.2) is 34.2 Å². The highest BCUT2D eigenvalue weighted by Crippen LogP contribution is 2.16. The number of amides is 1. The molecule has 0 fully saturated rings. The molecule has 0 bridgehead atoms. The molecule has 1 heterocycles. The summed E-state index contributed by atoms with van der Waals surface area (Å²) in [6.07, 6.45) is 1.70. The third kappa shape index (κ3) is 3.60. The summed E-state index contributed by atoms with van der Waals surface area (Å²) >= 11 is 0. The molecule has 0 spiro atoms. The van der Waals surface area contributed by atoms with Crippen LogP contribution in [0.3, 0.4) is 0 Å². The van der Waals surface area contributed by atoms with E-state index in [-0.39, 0.29) is 12.0 Å². The first-order valence-electron chi connectivity index (χ1n) is 6.56. The first kappa shape index (κ1) is 14.1. The van der Waals surface area contributed by atoms with E-state index < -0.39 is 0 Å². The van der Waals surface area contributed by atoms with Crippen molar-refractivity contribution in [3.05, 3.63) is 47.8 Å². The van der Waals surface area contributed by atoms with Crippen molar-refractivity contribution in [3.63, 3.8) is 0 Å². The van der Waals surface area contributed by atoms with Gasteiger partial charge in [0, 0.05) is 19.8 Å². The molecule has 0 aliphatic rings. The highest BCUT2D eigenvalue weighted by Gasteiger charge is 2.13. The number of benzene rings is 1. The first-order valence-corrected chi connectivity index (χ1v) is 6.56. The van der Waals surface area contributed by atoms with Gasteiger partial charge in [-0.3, -0.25) is 9.89 Å². The van der Waals surface area contributed by atoms with Crippen molar-refractivity contribution in [2.75, 3.05) is 7.05 Å². The summed E-state index contributed by atoms with van der Waals surface area (Å²) in [6, 6.07) is 9.44. The fourth-order valence-electron chi connectivity index (χ4n) is 1.92. The number of hydrogen-bond acceptors (Lipinski definition) is 3. The molecule has 20 heavy (non-hydrogen) atoms. The maximum absolute atomic E-state index is 12.1. The van der Waals surface area contributed by atoms with E-state index in [0.717, 1.165) is 11.3 Å². The zero-order valence-corrected chi connectivity index (χ0v) is 12.0. The largest absolute Gasteiger partial charge is 0.491 e. The molecule has 0 aliphatic carbocycles. The predicted octanol–water partition coefficient (Wildman–Crippen LogP) is 2.47. The molecular weight excluding hydrogens is 254 g/mol. The van der Waals surface area contributed by atoms with Crippen LogP contribution in [-0.2, 0) is 6.54 Å². The van der Waals surface area contributed by atoms with Crippen molar-refractivity contribution in [1.82, 2.24) is 15.1 Å². The van der Waals surface area contributed by atoms with Gasteiger partial charge in [-0.25, -0.2) is 0 Å². The van der Waals surface area contributed by atoms with Gasteiger partial charge in [0.15, 0.2) is 0 Å². The zero-order chi connectivity index (χ0) is 14.5. The third-order valence-corrected chi connectivity index (χ3v) is 2.77. The van der Waals surface area contributed by atoms with Crippen LogP contribution in [0.2, 0.25) is 0 Å². The van der Waals surface area contributed by atoms with Gasteiger partial charge in [0.2, 0.25) is 0 Å². The number of carbonyl (C=O) groups excluding carboxylic acids is 1. The van der Waals surface area contributed by atoms with Crippen LogP contribution in [0.1, 0.15) is 29.9 Å². The summed E-state index contributed by atoms with van der Waals surface area (Å²) in [7, 11) is 1.76. The molecule has 106 valence electrons. The average molecular weight is 273 g/mol. The highest BCUT2D eigenvalue weighted by atomic mass is 16.5. The van der Waals surface area contributed by atoms with Gasteiger partial charge in [-0.05, 0) is 37.6 Å². The minimum absolute atomic E-state index is 0.0855. The first-order chi connectivity index (χ1) is 9.56. The van der Waals surface area contributed by atoms with Crippen molar-refractivity contribution in [3.8, 4) is 5.75 Å². The lowest BCUT2D eigenvalue weighted by atomic mass is 10.2. The predicted molar refractivity (Wildman–Crippen MR) is 76.6 cm³/mol. The second kappa shape index (κ2) is 6.23. The zero-order valence-electron chi connectivity index (χ0n) is 12.0. The molecule has 5 heteroatoms. The maximum Gasteiger partial charge on any atom is 0.271 e. The van der Waals surface area contributed by atoms with E-state index in [9.17, 15) is 4.79 Å². The number of H-pyrrole nitrogens is 1. The Morgan fingerprint density at radius 1 is 1.40 bits per heavy atom. The van der Waals surface area contributed by atoms with Crippen LogP contribution in [0.4, 0.5) is 0 Å². The number of aromatic nitrogens is 2. The number of ether oxygens (including phenoxy) is 1. The van der Waals surface area contributed by atoms with Gasteiger partial charge >= 0.3 is 0 Å². The molecule has 2 rings (SSSR count). The van der Waals surface area contributed by atoms with Crippen LogP contribution in [0, 0.1) is 0 Å². The van der Waals surface area contributed by atoms with Crippen LogP contribution in [0.15, 0.2) is 36.5 Å². The van der Waals surface area contributed by atoms with E-state index in [2.05, 4.69) is 10.2 Å². The Morgan fingerprint density at radius 3 is 2.85 bits per heavy atom. The van der Waals surface area contributed by atoms with E-state index in [1.54, 1.807) is 24.2 Å². The summed E-state index contributed by atoms with van der Waals surface area (Å²) in [5.41, 5.74) is 1.51. The Bertz CT molecular complexity index is 564. The lowest BCUT2D eigenvalue weighted by Crippen LogP contribution is -2.26. The van der Waals surface area contributed by atoms with Crippen LogP contribution < -0.4 is 4.74 Å². The average Bonchev–Trinajstić information content (AvgIpc) is 2.91. The van der Waals surface area contributed by atoms with Gasteiger partial charge in [-0.2, -0.15) is 5.10 Å². The van der Waals surface area contributed by atoms with E-state index in [1.165, 1.54) is 0 Å². The molecule has 0 atom stereocenters. The molecule has 0 saturated heterocycles. The summed E-state index contributed by atoms with van der Waals surface area (Å²) in [6.45, 7) is 4.49. The third-order valence-electron chi connectivity index (χ3n) is 2.77. The number of hydrogen-bond donors (Lipinski definition) is 1. The number of nitrogens with zero attached hydrogens (tertiary/aromatic N) is 2. The van der Waals surface area contributed by atoms with Gasteiger partial charge in [0.05, 0.1) is 6.10 Å². The molecule has 2 aromatic rings. The summed E-state index contributed by atoms with van der Waals surface area (Å²) in [5, 5.41) is 6.46. The molecule has 0 radical (unpaired) electrons. The Balaban J connectivity index is 2.04. The fourth-order valence-corrected chi connectivity index (χ4v) is 1.92. The van der Waals surface area contributed by atoms with Gasteiger partial charge in [-0.1, -0.05) is 12.1 Å². The van der Waals surface area contributed by atoms with Gasteiger partial charge in [-0.15, -0.1) is 0 Å². The molecular formula is C15H19N3O2. The van der Waals surface area contributed by atoms with E-state index in [4.69, 9.17) is 4.74 Å². The molecule has 1 aromatic heterocycles. The minimum Gasteiger partial charge on any atom is -0.491 e. The molecule has 0 saturated carbocycles. The quantitative estimate of drug-likeness (QED) is 0.910. The number of rotatable bonds is 5. The van der Waals surface area contributed by atoms with Crippen molar-refractivity contribution < 1.29 is 9.53 Å². The van der Waals surface area contributed by atoms with E-state index in [1.807, 2.05) is 38.1 Å². The lowest BCUT2D eigenvalue weighted by Gasteiger charge is -2.17.